The van der Waals surface area contributed by atoms with E-state index in [2.05, 4.69) is 32.7 Å². The lowest BCUT2D eigenvalue weighted by Crippen LogP contribution is -1.90. The van der Waals surface area contributed by atoms with Gasteiger partial charge in [-0.1, -0.05) is 0 Å². The van der Waals surface area contributed by atoms with Gasteiger partial charge in [-0.3, -0.25) is 0 Å². The molecule has 2 aromatic rings. The van der Waals surface area contributed by atoms with Gasteiger partial charge in [0.15, 0.2) is 0 Å². The van der Waals surface area contributed by atoms with E-state index in [-0.39, 0.29) is 5.95 Å². The highest BCUT2D eigenvalue weighted by Gasteiger charge is 2.07. The molecule has 0 fully saturated rings. The molecule has 0 spiro atoms. The normalized spacial score (nSPS) is 10.4. The number of rotatable bonds is 1. The third-order valence-corrected chi connectivity index (χ3v) is 2.67. The van der Waals surface area contributed by atoms with E-state index in [0.29, 0.717) is 11.6 Å². The largest absolute Gasteiger partial charge is 0.398 e. The highest BCUT2D eigenvalue weighted by atomic mass is 127. The van der Waals surface area contributed by atoms with E-state index in [1.165, 1.54) is 0 Å². The SMILES string of the molecule is Nc1noc(-c2ccc(I)c(N)c2)n1. The van der Waals surface area contributed by atoms with Crippen LogP contribution in [0.2, 0.25) is 0 Å². The first kappa shape index (κ1) is 9.25. The van der Waals surface area contributed by atoms with Crippen molar-refractivity contribution in [2.24, 2.45) is 0 Å². The number of anilines is 2. The van der Waals surface area contributed by atoms with Crippen LogP contribution in [0, 0.1) is 3.57 Å². The van der Waals surface area contributed by atoms with E-state index in [4.69, 9.17) is 16.0 Å². The van der Waals surface area contributed by atoms with Crippen LogP contribution in [0.4, 0.5) is 11.6 Å². The Hall–Kier alpha value is -1.31. The number of hydrogen-bond acceptors (Lipinski definition) is 5. The molecule has 14 heavy (non-hydrogen) atoms. The molecule has 6 heteroatoms. The number of halogens is 1. The van der Waals surface area contributed by atoms with Crippen molar-refractivity contribution in [2.45, 2.75) is 0 Å². The first-order valence-corrected chi connectivity index (χ1v) is 4.89. The summed E-state index contributed by atoms with van der Waals surface area (Å²) in [7, 11) is 0. The number of benzene rings is 1. The molecule has 0 amide bonds. The van der Waals surface area contributed by atoms with Crippen molar-refractivity contribution in [3.8, 4) is 11.5 Å². The molecule has 72 valence electrons. The first-order chi connectivity index (χ1) is 6.66. The quantitative estimate of drug-likeness (QED) is 0.615. The van der Waals surface area contributed by atoms with Gasteiger partial charge in [0.25, 0.3) is 11.8 Å². The zero-order valence-electron chi connectivity index (χ0n) is 7.07. The van der Waals surface area contributed by atoms with Crippen LogP contribution in [0.5, 0.6) is 0 Å². The van der Waals surface area contributed by atoms with Gasteiger partial charge in [0.05, 0.1) is 0 Å². The lowest BCUT2D eigenvalue weighted by molar-refractivity contribution is 0.433. The fourth-order valence-corrected chi connectivity index (χ4v) is 1.36. The Morgan fingerprint density at radius 1 is 1.29 bits per heavy atom. The van der Waals surface area contributed by atoms with Crippen molar-refractivity contribution in [1.29, 1.82) is 0 Å². The molecule has 0 aliphatic carbocycles. The van der Waals surface area contributed by atoms with Gasteiger partial charge in [-0.15, -0.1) is 0 Å². The molecule has 1 aromatic heterocycles. The van der Waals surface area contributed by atoms with Crippen LogP contribution in [0.25, 0.3) is 11.5 Å². The van der Waals surface area contributed by atoms with Crippen molar-refractivity contribution >= 4 is 34.2 Å². The van der Waals surface area contributed by atoms with Gasteiger partial charge in [-0.2, -0.15) is 4.98 Å². The second-order valence-corrected chi connectivity index (χ2v) is 3.86. The number of nitrogen functional groups attached to an aromatic ring is 2. The molecule has 0 saturated heterocycles. The topological polar surface area (TPSA) is 91.0 Å². The summed E-state index contributed by atoms with van der Waals surface area (Å²) in [4.78, 5) is 3.89. The third kappa shape index (κ3) is 1.65. The predicted molar refractivity (Wildman–Crippen MR) is 61.3 cm³/mol. The van der Waals surface area contributed by atoms with Gasteiger partial charge in [-0.05, 0) is 45.9 Å². The van der Waals surface area contributed by atoms with Crippen LogP contribution in [-0.4, -0.2) is 10.1 Å². The molecule has 0 unspecified atom stereocenters. The Labute approximate surface area is 93.6 Å². The summed E-state index contributed by atoms with van der Waals surface area (Å²) in [6.45, 7) is 0. The van der Waals surface area contributed by atoms with Crippen LogP contribution >= 0.6 is 22.6 Å². The summed E-state index contributed by atoms with van der Waals surface area (Å²) < 4.78 is 5.89. The number of aromatic nitrogens is 2. The standard InChI is InChI=1S/C8H7IN4O/c9-5-2-1-4(3-6(5)10)7-12-8(11)13-14-7/h1-3H,10H2,(H2,11,13). The van der Waals surface area contributed by atoms with Gasteiger partial charge < -0.3 is 16.0 Å². The Morgan fingerprint density at radius 3 is 2.64 bits per heavy atom. The lowest BCUT2D eigenvalue weighted by atomic mass is 10.2. The summed E-state index contributed by atoms with van der Waals surface area (Å²) >= 11 is 2.15. The molecule has 0 aliphatic heterocycles. The summed E-state index contributed by atoms with van der Waals surface area (Å²) in [5.41, 5.74) is 12.5. The second kappa shape index (κ2) is 3.45. The highest BCUT2D eigenvalue weighted by Crippen LogP contribution is 2.23. The molecule has 0 atom stereocenters. The van der Waals surface area contributed by atoms with Crippen molar-refractivity contribution in [2.75, 3.05) is 11.5 Å². The van der Waals surface area contributed by atoms with E-state index in [1.54, 1.807) is 6.07 Å². The van der Waals surface area contributed by atoms with Crippen LogP contribution in [-0.2, 0) is 0 Å². The Bertz CT molecular complexity index is 468. The number of hydrogen-bond donors (Lipinski definition) is 2. The van der Waals surface area contributed by atoms with Crippen molar-refractivity contribution in [1.82, 2.24) is 10.1 Å². The molecule has 1 aromatic carbocycles. The molecule has 0 saturated carbocycles. The van der Waals surface area contributed by atoms with Gasteiger partial charge in [-0.25, -0.2) is 0 Å². The second-order valence-electron chi connectivity index (χ2n) is 2.69. The fourth-order valence-electron chi connectivity index (χ4n) is 1.03. The average molecular weight is 302 g/mol. The molecular weight excluding hydrogens is 295 g/mol. The van der Waals surface area contributed by atoms with Crippen molar-refractivity contribution < 1.29 is 4.52 Å². The van der Waals surface area contributed by atoms with Crippen LogP contribution < -0.4 is 11.5 Å². The Balaban J connectivity index is 2.47. The molecule has 0 radical (unpaired) electrons. The van der Waals surface area contributed by atoms with Gasteiger partial charge in [0.1, 0.15) is 0 Å². The first-order valence-electron chi connectivity index (χ1n) is 3.81. The molecule has 0 bridgehead atoms. The Morgan fingerprint density at radius 2 is 2.07 bits per heavy atom. The van der Waals surface area contributed by atoms with Gasteiger partial charge >= 0.3 is 0 Å². The predicted octanol–water partition coefficient (Wildman–Crippen LogP) is 1.51. The maximum atomic E-state index is 5.74. The maximum absolute atomic E-state index is 5.74. The van der Waals surface area contributed by atoms with E-state index in [1.807, 2.05) is 12.1 Å². The molecule has 4 N–H and O–H groups in total. The van der Waals surface area contributed by atoms with Gasteiger partial charge in [0.2, 0.25) is 0 Å². The third-order valence-electron chi connectivity index (χ3n) is 1.68. The van der Waals surface area contributed by atoms with E-state index in [9.17, 15) is 0 Å². The van der Waals surface area contributed by atoms with Crippen LogP contribution in [0.1, 0.15) is 0 Å². The fraction of sp³-hybridized carbons (Fsp3) is 0. The zero-order chi connectivity index (χ0) is 10.1. The van der Waals surface area contributed by atoms with E-state index >= 15 is 0 Å². The van der Waals surface area contributed by atoms with Crippen LogP contribution in [0.3, 0.4) is 0 Å². The molecule has 0 aliphatic rings. The average Bonchev–Trinajstić information content (AvgIpc) is 2.57. The molecular formula is C8H7IN4O. The van der Waals surface area contributed by atoms with E-state index < -0.39 is 0 Å². The maximum Gasteiger partial charge on any atom is 0.261 e. The minimum absolute atomic E-state index is 0.122. The van der Waals surface area contributed by atoms with Gasteiger partial charge in [0, 0.05) is 14.8 Å². The van der Waals surface area contributed by atoms with Crippen molar-refractivity contribution in [3.05, 3.63) is 21.8 Å². The smallest absolute Gasteiger partial charge is 0.261 e. The summed E-state index contributed by atoms with van der Waals surface area (Å²) in [6, 6.07) is 5.51. The summed E-state index contributed by atoms with van der Waals surface area (Å²) in [6.07, 6.45) is 0. The molecule has 1 heterocycles. The highest BCUT2D eigenvalue weighted by molar-refractivity contribution is 14.1. The number of nitrogens with two attached hydrogens (primary N) is 2. The minimum atomic E-state index is 0.122. The minimum Gasteiger partial charge on any atom is -0.398 e. The molecule has 2 rings (SSSR count). The summed E-state index contributed by atoms with van der Waals surface area (Å²) in [5, 5.41) is 3.49. The van der Waals surface area contributed by atoms with Crippen molar-refractivity contribution in [3.63, 3.8) is 0 Å². The van der Waals surface area contributed by atoms with E-state index in [0.717, 1.165) is 9.13 Å². The number of nitrogens with zero attached hydrogens (tertiary/aromatic N) is 2. The summed E-state index contributed by atoms with van der Waals surface area (Å²) in [5.74, 6) is 0.503. The lowest BCUT2D eigenvalue weighted by Gasteiger charge is -1.98. The Kier molecular flexibility index (Phi) is 2.28. The molecule has 5 nitrogen and oxygen atoms in total. The monoisotopic (exact) mass is 302 g/mol. The zero-order valence-corrected chi connectivity index (χ0v) is 9.22. The van der Waals surface area contributed by atoms with Crippen LogP contribution in [0.15, 0.2) is 22.7 Å².